The minimum Gasteiger partial charge on any atom is -0.372 e. The summed E-state index contributed by atoms with van der Waals surface area (Å²) in [5.74, 6) is 1.42. The molecule has 3 atom stereocenters. The van der Waals surface area contributed by atoms with E-state index in [9.17, 15) is 0 Å². The number of nitrogens with one attached hydrogen (secondary N) is 1. The van der Waals surface area contributed by atoms with Crippen LogP contribution in [-0.2, 0) is 11.2 Å². The van der Waals surface area contributed by atoms with Crippen molar-refractivity contribution in [2.45, 2.75) is 37.8 Å². The molecule has 0 saturated heterocycles. The molecule has 1 aliphatic heterocycles. The van der Waals surface area contributed by atoms with E-state index in [0.29, 0.717) is 12.0 Å². The molecule has 1 aromatic carbocycles. The highest BCUT2D eigenvalue weighted by atomic mass is 35.5. The Morgan fingerprint density at radius 2 is 2.16 bits per heavy atom. The zero-order valence-corrected chi connectivity index (χ0v) is 12.0. The molecular formula is C16H22ClNO. The Kier molecular flexibility index (Phi) is 4.42. The van der Waals surface area contributed by atoms with Crippen molar-refractivity contribution >= 4 is 11.6 Å². The van der Waals surface area contributed by atoms with Crippen molar-refractivity contribution in [3.05, 3.63) is 35.4 Å². The Balaban J connectivity index is 1.62. The average Bonchev–Trinajstić information content (AvgIpc) is 2.92. The van der Waals surface area contributed by atoms with Gasteiger partial charge in [0.2, 0.25) is 0 Å². The monoisotopic (exact) mass is 279 g/mol. The maximum atomic E-state index is 6.03. The zero-order chi connectivity index (χ0) is 13.1. The maximum absolute atomic E-state index is 6.03. The number of fused-ring (bicyclic) bond motifs is 1. The van der Waals surface area contributed by atoms with Crippen LogP contribution in [0.1, 0.15) is 36.5 Å². The lowest BCUT2D eigenvalue weighted by molar-refractivity contribution is 0.0399. The van der Waals surface area contributed by atoms with Gasteiger partial charge in [0.25, 0.3) is 0 Å². The van der Waals surface area contributed by atoms with Gasteiger partial charge in [-0.25, -0.2) is 0 Å². The molecule has 3 heteroatoms. The Morgan fingerprint density at radius 3 is 3.05 bits per heavy atom. The third-order valence-electron chi connectivity index (χ3n) is 4.52. The van der Waals surface area contributed by atoms with Crippen molar-refractivity contribution < 1.29 is 4.74 Å². The smallest absolute Gasteiger partial charge is 0.0952 e. The Labute approximate surface area is 120 Å². The van der Waals surface area contributed by atoms with Gasteiger partial charge in [-0.05, 0) is 36.3 Å². The van der Waals surface area contributed by atoms with Crippen LogP contribution in [0.25, 0.3) is 0 Å². The molecule has 2 nitrogen and oxygen atoms in total. The van der Waals surface area contributed by atoms with Crippen molar-refractivity contribution in [2.24, 2.45) is 5.92 Å². The van der Waals surface area contributed by atoms with Crippen LogP contribution in [0.5, 0.6) is 0 Å². The lowest BCUT2D eigenvalue weighted by Gasteiger charge is -2.28. The van der Waals surface area contributed by atoms with Crippen molar-refractivity contribution in [1.29, 1.82) is 0 Å². The van der Waals surface area contributed by atoms with Crippen LogP contribution in [0.3, 0.4) is 0 Å². The van der Waals surface area contributed by atoms with Crippen LogP contribution in [0.15, 0.2) is 24.3 Å². The quantitative estimate of drug-likeness (QED) is 0.854. The van der Waals surface area contributed by atoms with E-state index in [0.717, 1.165) is 25.5 Å². The van der Waals surface area contributed by atoms with Crippen LogP contribution in [0.2, 0.25) is 0 Å². The van der Waals surface area contributed by atoms with E-state index >= 15 is 0 Å². The molecule has 1 aromatic rings. The van der Waals surface area contributed by atoms with E-state index in [2.05, 4.69) is 29.6 Å². The van der Waals surface area contributed by atoms with Gasteiger partial charge in [-0.2, -0.15) is 0 Å². The van der Waals surface area contributed by atoms with E-state index in [1.807, 2.05) is 0 Å². The third-order valence-corrected chi connectivity index (χ3v) is 4.91. The average molecular weight is 280 g/mol. The summed E-state index contributed by atoms with van der Waals surface area (Å²) in [5, 5.41) is 3.68. The molecule has 104 valence electrons. The number of halogens is 1. The summed E-state index contributed by atoms with van der Waals surface area (Å²) < 4.78 is 5.94. The van der Waals surface area contributed by atoms with Crippen molar-refractivity contribution in [1.82, 2.24) is 5.32 Å². The molecule has 1 saturated carbocycles. The molecule has 1 N–H and O–H groups in total. The standard InChI is InChI=1S/C16H22ClNO/c17-10-13-5-3-7-15(13)18-11-16-14-6-2-1-4-12(14)8-9-19-16/h1-2,4,6,13,15-16,18H,3,5,7-11H2. The molecule has 0 amide bonds. The number of benzene rings is 1. The second-order valence-corrected chi connectivity index (χ2v) is 5.98. The van der Waals surface area contributed by atoms with Crippen molar-refractivity contribution in [2.75, 3.05) is 19.0 Å². The molecule has 2 aliphatic rings. The molecule has 19 heavy (non-hydrogen) atoms. The van der Waals surface area contributed by atoms with E-state index in [4.69, 9.17) is 16.3 Å². The first-order valence-corrected chi connectivity index (χ1v) is 7.90. The first-order chi connectivity index (χ1) is 9.38. The molecule has 0 aromatic heterocycles. The van der Waals surface area contributed by atoms with Crippen LogP contribution in [-0.4, -0.2) is 25.1 Å². The number of ether oxygens (including phenoxy) is 1. The fraction of sp³-hybridized carbons (Fsp3) is 0.625. The number of alkyl halides is 1. The summed E-state index contributed by atoms with van der Waals surface area (Å²) in [6.07, 6.45) is 5.08. The molecule has 1 aliphatic carbocycles. The molecule has 3 unspecified atom stereocenters. The highest BCUT2D eigenvalue weighted by Crippen LogP contribution is 2.29. The molecule has 0 radical (unpaired) electrons. The summed E-state index contributed by atoms with van der Waals surface area (Å²) in [6.45, 7) is 1.75. The minimum absolute atomic E-state index is 0.210. The summed E-state index contributed by atoms with van der Waals surface area (Å²) in [7, 11) is 0. The van der Waals surface area contributed by atoms with Gasteiger partial charge in [0, 0.05) is 18.5 Å². The maximum Gasteiger partial charge on any atom is 0.0952 e. The van der Waals surface area contributed by atoms with Gasteiger partial charge in [-0.15, -0.1) is 11.6 Å². The van der Waals surface area contributed by atoms with Crippen LogP contribution >= 0.6 is 11.6 Å². The predicted molar refractivity (Wildman–Crippen MR) is 78.7 cm³/mol. The van der Waals surface area contributed by atoms with Crippen molar-refractivity contribution in [3.63, 3.8) is 0 Å². The first kappa shape index (κ1) is 13.4. The summed E-state index contributed by atoms with van der Waals surface area (Å²) >= 11 is 6.03. The Hall–Kier alpha value is -0.570. The fourth-order valence-corrected chi connectivity index (χ4v) is 3.76. The lowest BCUT2D eigenvalue weighted by Crippen LogP contribution is -2.37. The number of hydrogen-bond acceptors (Lipinski definition) is 2. The first-order valence-electron chi connectivity index (χ1n) is 7.37. The van der Waals surface area contributed by atoms with Gasteiger partial charge < -0.3 is 10.1 Å². The van der Waals surface area contributed by atoms with Gasteiger partial charge >= 0.3 is 0 Å². The van der Waals surface area contributed by atoms with Crippen LogP contribution < -0.4 is 5.32 Å². The van der Waals surface area contributed by atoms with E-state index < -0.39 is 0 Å². The molecule has 3 rings (SSSR count). The van der Waals surface area contributed by atoms with Gasteiger partial charge in [-0.3, -0.25) is 0 Å². The largest absolute Gasteiger partial charge is 0.372 e. The summed E-state index contributed by atoms with van der Waals surface area (Å²) in [5.41, 5.74) is 2.81. The third kappa shape index (κ3) is 2.96. The van der Waals surface area contributed by atoms with Crippen molar-refractivity contribution in [3.8, 4) is 0 Å². The lowest BCUT2D eigenvalue weighted by atomic mass is 9.97. The molecule has 0 spiro atoms. The molecular weight excluding hydrogens is 258 g/mol. The SMILES string of the molecule is ClCC1CCCC1NCC1OCCc2ccccc21. The van der Waals surface area contributed by atoms with E-state index in [1.165, 1.54) is 30.4 Å². The Morgan fingerprint density at radius 1 is 1.26 bits per heavy atom. The predicted octanol–water partition coefficient (Wildman–Crippen LogP) is 3.30. The highest BCUT2D eigenvalue weighted by molar-refractivity contribution is 6.18. The topological polar surface area (TPSA) is 21.3 Å². The van der Waals surface area contributed by atoms with Gasteiger partial charge in [0.05, 0.1) is 12.7 Å². The summed E-state index contributed by atoms with van der Waals surface area (Å²) in [6, 6.07) is 9.23. The van der Waals surface area contributed by atoms with Crippen LogP contribution in [0, 0.1) is 5.92 Å². The number of rotatable bonds is 4. The number of hydrogen-bond donors (Lipinski definition) is 1. The minimum atomic E-state index is 0.210. The highest BCUT2D eigenvalue weighted by Gasteiger charge is 2.28. The second-order valence-electron chi connectivity index (χ2n) is 5.67. The second kappa shape index (κ2) is 6.25. The van der Waals surface area contributed by atoms with Gasteiger partial charge in [0.15, 0.2) is 0 Å². The molecule has 0 bridgehead atoms. The normalized spacial score (nSPS) is 30.3. The fourth-order valence-electron chi connectivity index (χ4n) is 3.39. The van der Waals surface area contributed by atoms with E-state index in [-0.39, 0.29) is 6.10 Å². The summed E-state index contributed by atoms with van der Waals surface area (Å²) in [4.78, 5) is 0. The van der Waals surface area contributed by atoms with Gasteiger partial charge in [0.1, 0.15) is 0 Å². The Bertz CT molecular complexity index is 423. The van der Waals surface area contributed by atoms with Gasteiger partial charge in [-0.1, -0.05) is 30.7 Å². The molecule has 1 fully saturated rings. The zero-order valence-electron chi connectivity index (χ0n) is 11.3. The molecule has 1 heterocycles. The van der Waals surface area contributed by atoms with Crippen LogP contribution in [0.4, 0.5) is 0 Å². The van der Waals surface area contributed by atoms with E-state index in [1.54, 1.807) is 0 Å².